The summed E-state index contributed by atoms with van der Waals surface area (Å²) in [6.07, 6.45) is 0. The molecule has 2 heterocycles. The fourth-order valence-corrected chi connectivity index (χ4v) is 3.93. The van der Waals surface area contributed by atoms with Crippen molar-refractivity contribution < 1.29 is 4.79 Å². The number of halogens is 1. The molecule has 7 heteroatoms. The van der Waals surface area contributed by atoms with Crippen LogP contribution in [0.25, 0.3) is 0 Å². The lowest BCUT2D eigenvalue weighted by atomic mass is 10.2. The maximum Gasteiger partial charge on any atom is 0.241 e. The van der Waals surface area contributed by atoms with Gasteiger partial charge in [-0.05, 0) is 47.5 Å². The Balaban J connectivity index is 1.51. The van der Waals surface area contributed by atoms with Crippen molar-refractivity contribution in [1.82, 2.24) is 9.80 Å². The van der Waals surface area contributed by atoms with Crippen molar-refractivity contribution in [3.8, 4) is 6.07 Å². The average Bonchev–Trinajstić information content (AvgIpc) is 3.15. The number of amides is 1. The van der Waals surface area contributed by atoms with Crippen LogP contribution in [0.4, 0.5) is 5.69 Å². The second-order valence-corrected chi connectivity index (χ2v) is 7.60. The monoisotopic (exact) mass is 388 g/mol. The molecule has 3 rings (SSSR count). The third-order valence-corrected chi connectivity index (χ3v) is 5.72. The first-order chi connectivity index (χ1) is 12.6. The minimum atomic E-state index is -0.215. The molecule has 0 radical (unpaired) electrons. The van der Waals surface area contributed by atoms with E-state index in [1.54, 1.807) is 29.5 Å². The summed E-state index contributed by atoms with van der Waals surface area (Å²) < 4.78 is 0. The maximum absolute atomic E-state index is 12.5. The van der Waals surface area contributed by atoms with Crippen LogP contribution < -0.4 is 5.32 Å². The molecule has 1 unspecified atom stereocenters. The van der Waals surface area contributed by atoms with E-state index in [-0.39, 0.29) is 11.9 Å². The first kappa shape index (κ1) is 18.9. The molecule has 2 aromatic rings. The summed E-state index contributed by atoms with van der Waals surface area (Å²) in [4.78, 5) is 17.2. The third kappa shape index (κ3) is 4.63. The van der Waals surface area contributed by atoms with Crippen LogP contribution in [0, 0.1) is 11.3 Å². The van der Waals surface area contributed by atoms with Crippen molar-refractivity contribution in [3.63, 3.8) is 0 Å². The SMILES string of the molecule is CC(C(=O)Nc1ccc(C#N)c(Cl)c1)N1CCN(Cc2ccsc2)CC1. The molecule has 136 valence electrons. The number of nitrogens with zero attached hydrogens (tertiary/aromatic N) is 3. The first-order valence-corrected chi connectivity index (χ1v) is 9.87. The topological polar surface area (TPSA) is 59.4 Å². The van der Waals surface area contributed by atoms with Gasteiger partial charge in [0.25, 0.3) is 0 Å². The molecule has 1 N–H and O–H groups in total. The van der Waals surface area contributed by atoms with Crippen LogP contribution in [0.15, 0.2) is 35.0 Å². The van der Waals surface area contributed by atoms with Gasteiger partial charge in [-0.25, -0.2) is 0 Å². The fraction of sp³-hybridized carbons (Fsp3) is 0.368. The molecule has 1 saturated heterocycles. The number of nitrogens with one attached hydrogen (secondary N) is 1. The Labute approximate surface area is 162 Å². The van der Waals surface area contributed by atoms with E-state index in [1.165, 1.54) is 5.56 Å². The van der Waals surface area contributed by atoms with E-state index in [1.807, 2.05) is 13.0 Å². The third-order valence-electron chi connectivity index (χ3n) is 4.68. The molecule has 1 aliphatic rings. The van der Waals surface area contributed by atoms with Crippen LogP contribution in [0.2, 0.25) is 5.02 Å². The summed E-state index contributed by atoms with van der Waals surface area (Å²) >= 11 is 7.75. The van der Waals surface area contributed by atoms with Crippen LogP contribution in [-0.4, -0.2) is 47.9 Å². The lowest BCUT2D eigenvalue weighted by Gasteiger charge is -2.37. The molecule has 0 spiro atoms. The molecule has 0 saturated carbocycles. The summed E-state index contributed by atoms with van der Waals surface area (Å²) in [6, 6.07) is 8.89. The first-order valence-electron chi connectivity index (χ1n) is 8.55. The van der Waals surface area contributed by atoms with E-state index in [2.05, 4.69) is 31.9 Å². The molecule has 1 aliphatic heterocycles. The van der Waals surface area contributed by atoms with Gasteiger partial charge < -0.3 is 5.32 Å². The summed E-state index contributed by atoms with van der Waals surface area (Å²) in [5.41, 5.74) is 2.37. The summed E-state index contributed by atoms with van der Waals surface area (Å²) in [5.74, 6) is -0.0583. The Kier molecular flexibility index (Phi) is 6.28. The molecule has 0 bridgehead atoms. The van der Waals surface area contributed by atoms with Gasteiger partial charge in [0.1, 0.15) is 6.07 Å². The highest BCUT2D eigenvalue weighted by molar-refractivity contribution is 7.07. The number of rotatable bonds is 5. The van der Waals surface area contributed by atoms with Gasteiger partial charge in [-0.3, -0.25) is 14.6 Å². The van der Waals surface area contributed by atoms with Crippen LogP contribution in [0.1, 0.15) is 18.1 Å². The molecule has 0 aliphatic carbocycles. The Morgan fingerprint density at radius 2 is 2.12 bits per heavy atom. The van der Waals surface area contributed by atoms with Gasteiger partial charge in [-0.2, -0.15) is 16.6 Å². The number of thiophene rings is 1. The number of benzene rings is 1. The number of nitriles is 1. The van der Waals surface area contributed by atoms with Gasteiger partial charge in [-0.1, -0.05) is 11.6 Å². The van der Waals surface area contributed by atoms with Gasteiger partial charge in [0.05, 0.1) is 16.6 Å². The smallest absolute Gasteiger partial charge is 0.241 e. The lowest BCUT2D eigenvalue weighted by Crippen LogP contribution is -2.52. The van der Waals surface area contributed by atoms with Crippen LogP contribution >= 0.6 is 22.9 Å². The van der Waals surface area contributed by atoms with Crippen LogP contribution in [-0.2, 0) is 11.3 Å². The zero-order valence-corrected chi connectivity index (χ0v) is 16.2. The molecule has 1 aromatic heterocycles. The van der Waals surface area contributed by atoms with E-state index < -0.39 is 0 Å². The van der Waals surface area contributed by atoms with Crippen molar-refractivity contribution in [3.05, 3.63) is 51.2 Å². The predicted molar refractivity (Wildman–Crippen MR) is 105 cm³/mol. The fourth-order valence-electron chi connectivity index (χ4n) is 3.05. The van der Waals surface area contributed by atoms with Gasteiger partial charge in [0.2, 0.25) is 5.91 Å². The molecule has 26 heavy (non-hydrogen) atoms. The number of hydrogen-bond donors (Lipinski definition) is 1. The Bertz CT molecular complexity index is 794. The molecule has 5 nitrogen and oxygen atoms in total. The second-order valence-electron chi connectivity index (χ2n) is 6.42. The van der Waals surface area contributed by atoms with Crippen molar-refractivity contribution in [2.45, 2.75) is 19.5 Å². The number of carbonyl (C=O) groups excluding carboxylic acids is 1. The highest BCUT2D eigenvalue weighted by atomic mass is 35.5. The van der Waals surface area contributed by atoms with Crippen molar-refractivity contribution >= 4 is 34.5 Å². The van der Waals surface area contributed by atoms with Crippen molar-refractivity contribution in [2.24, 2.45) is 0 Å². The quantitative estimate of drug-likeness (QED) is 0.852. The average molecular weight is 389 g/mol. The van der Waals surface area contributed by atoms with Crippen LogP contribution in [0.5, 0.6) is 0 Å². The van der Waals surface area contributed by atoms with Crippen molar-refractivity contribution in [2.75, 3.05) is 31.5 Å². The van der Waals surface area contributed by atoms with Gasteiger partial charge >= 0.3 is 0 Å². The van der Waals surface area contributed by atoms with E-state index in [9.17, 15) is 4.79 Å². The summed E-state index contributed by atoms with van der Waals surface area (Å²) in [5, 5.41) is 16.4. The highest BCUT2D eigenvalue weighted by Crippen LogP contribution is 2.21. The lowest BCUT2D eigenvalue weighted by molar-refractivity contribution is -0.121. The largest absolute Gasteiger partial charge is 0.325 e. The summed E-state index contributed by atoms with van der Waals surface area (Å²) in [6.45, 7) is 6.54. The number of piperazine rings is 1. The Morgan fingerprint density at radius 3 is 2.73 bits per heavy atom. The molecule has 1 fully saturated rings. The number of carbonyl (C=O) groups is 1. The minimum Gasteiger partial charge on any atom is -0.325 e. The Morgan fingerprint density at radius 1 is 1.35 bits per heavy atom. The van der Waals surface area contributed by atoms with Gasteiger partial charge in [0, 0.05) is 38.4 Å². The van der Waals surface area contributed by atoms with Gasteiger partial charge in [0.15, 0.2) is 0 Å². The molecular formula is C19H21ClN4OS. The van der Waals surface area contributed by atoms with Crippen LogP contribution in [0.3, 0.4) is 0 Å². The second kappa shape index (κ2) is 8.65. The normalized spacial score (nSPS) is 16.8. The summed E-state index contributed by atoms with van der Waals surface area (Å²) in [7, 11) is 0. The zero-order chi connectivity index (χ0) is 18.5. The van der Waals surface area contributed by atoms with Gasteiger partial charge in [-0.15, -0.1) is 0 Å². The molecular weight excluding hydrogens is 368 g/mol. The molecule has 1 aromatic carbocycles. The predicted octanol–water partition coefficient (Wildman–Crippen LogP) is 3.42. The van der Waals surface area contributed by atoms with E-state index >= 15 is 0 Å². The number of anilines is 1. The molecule has 1 amide bonds. The standard InChI is InChI=1S/C19H21ClN4OS/c1-14(19(25)22-17-3-2-16(11-21)18(20)10-17)24-7-5-23(6-8-24)12-15-4-9-26-13-15/h2-4,9-10,13-14H,5-8,12H2,1H3,(H,22,25). The minimum absolute atomic E-state index is 0.0583. The highest BCUT2D eigenvalue weighted by Gasteiger charge is 2.25. The van der Waals surface area contributed by atoms with Crippen molar-refractivity contribution in [1.29, 1.82) is 5.26 Å². The van der Waals surface area contributed by atoms with E-state index in [4.69, 9.17) is 16.9 Å². The van der Waals surface area contributed by atoms with E-state index in [0.717, 1.165) is 32.7 Å². The zero-order valence-electron chi connectivity index (χ0n) is 14.6. The van der Waals surface area contributed by atoms with E-state index in [0.29, 0.717) is 16.3 Å². The Hall–Kier alpha value is -1.91. The molecule has 1 atom stereocenters. The maximum atomic E-state index is 12.5. The number of hydrogen-bond acceptors (Lipinski definition) is 5.